The second kappa shape index (κ2) is 5.11. The maximum atomic E-state index is 11.6. The van der Waals surface area contributed by atoms with Crippen LogP contribution in [0.4, 0.5) is 0 Å². The van der Waals surface area contributed by atoms with Crippen molar-refractivity contribution in [2.45, 2.75) is 26.3 Å². The van der Waals surface area contributed by atoms with Crippen molar-refractivity contribution in [3.63, 3.8) is 0 Å². The molecule has 1 N–H and O–H groups in total. The van der Waals surface area contributed by atoms with Crippen LogP contribution in [0.2, 0.25) is 0 Å². The summed E-state index contributed by atoms with van der Waals surface area (Å²) in [4.78, 5) is 15.7. The molecular formula is C11H13N3O. The first-order valence-electron chi connectivity index (χ1n) is 4.75. The predicted octanol–water partition coefficient (Wildman–Crippen LogP) is 1.42. The Morgan fingerprint density at radius 3 is 3.00 bits per heavy atom. The Bertz CT molecular complexity index is 395. The molecule has 4 nitrogen and oxygen atoms in total. The lowest BCUT2D eigenvalue weighted by Crippen LogP contribution is -2.32. The van der Waals surface area contributed by atoms with Crippen molar-refractivity contribution in [1.82, 2.24) is 10.3 Å². The van der Waals surface area contributed by atoms with Gasteiger partial charge in [-0.05, 0) is 26.0 Å². The number of amides is 1. The Morgan fingerprint density at radius 1 is 1.67 bits per heavy atom. The van der Waals surface area contributed by atoms with E-state index in [0.29, 0.717) is 12.1 Å². The number of nitrogens with one attached hydrogen (secondary N) is 1. The van der Waals surface area contributed by atoms with E-state index >= 15 is 0 Å². The summed E-state index contributed by atoms with van der Waals surface area (Å²) in [6.45, 7) is 3.62. The molecule has 0 aliphatic heterocycles. The van der Waals surface area contributed by atoms with Crippen LogP contribution in [0.25, 0.3) is 0 Å². The number of aryl methyl sites for hydroxylation is 1. The summed E-state index contributed by atoms with van der Waals surface area (Å²) in [5.74, 6) is -0.235. The lowest BCUT2D eigenvalue weighted by molar-refractivity contribution is 0.0935. The van der Waals surface area contributed by atoms with E-state index < -0.39 is 0 Å². The minimum absolute atomic E-state index is 0.148. The van der Waals surface area contributed by atoms with Crippen LogP contribution in [0.1, 0.15) is 29.5 Å². The molecule has 1 atom stereocenters. The molecule has 1 amide bonds. The average molecular weight is 203 g/mol. The second-order valence-corrected chi connectivity index (χ2v) is 3.40. The Hall–Kier alpha value is -1.89. The minimum Gasteiger partial charge on any atom is -0.347 e. The number of rotatable bonds is 3. The molecule has 0 saturated carbocycles. The van der Waals surface area contributed by atoms with E-state index in [1.54, 1.807) is 19.1 Å². The van der Waals surface area contributed by atoms with E-state index in [1.165, 1.54) is 0 Å². The third-order valence-electron chi connectivity index (χ3n) is 1.90. The van der Waals surface area contributed by atoms with Crippen LogP contribution in [0.3, 0.4) is 0 Å². The predicted molar refractivity (Wildman–Crippen MR) is 56.1 cm³/mol. The van der Waals surface area contributed by atoms with Gasteiger partial charge in [-0.25, -0.2) is 4.98 Å². The quantitative estimate of drug-likeness (QED) is 0.808. The summed E-state index contributed by atoms with van der Waals surface area (Å²) in [7, 11) is 0. The van der Waals surface area contributed by atoms with Crippen LogP contribution >= 0.6 is 0 Å². The van der Waals surface area contributed by atoms with Gasteiger partial charge >= 0.3 is 0 Å². The van der Waals surface area contributed by atoms with E-state index in [1.807, 2.05) is 19.1 Å². The van der Waals surface area contributed by atoms with Gasteiger partial charge in [0.05, 0.1) is 12.5 Å². The van der Waals surface area contributed by atoms with Gasteiger partial charge < -0.3 is 5.32 Å². The molecule has 0 aromatic carbocycles. The number of hydrogen-bond acceptors (Lipinski definition) is 3. The van der Waals surface area contributed by atoms with Crippen LogP contribution < -0.4 is 5.32 Å². The highest BCUT2D eigenvalue weighted by Crippen LogP contribution is 1.99. The molecule has 1 rings (SSSR count). The number of nitriles is 1. The first kappa shape index (κ1) is 11.2. The van der Waals surface area contributed by atoms with Crippen molar-refractivity contribution in [2.24, 2.45) is 0 Å². The van der Waals surface area contributed by atoms with Gasteiger partial charge in [0.1, 0.15) is 5.69 Å². The lowest BCUT2D eigenvalue weighted by Gasteiger charge is -2.09. The summed E-state index contributed by atoms with van der Waals surface area (Å²) < 4.78 is 0. The van der Waals surface area contributed by atoms with Gasteiger partial charge in [0, 0.05) is 11.7 Å². The topological polar surface area (TPSA) is 65.8 Å². The molecule has 1 aromatic rings. The minimum atomic E-state index is -0.235. The highest BCUT2D eigenvalue weighted by molar-refractivity contribution is 5.92. The summed E-state index contributed by atoms with van der Waals surface area (Å²) in [5.41, 5.74) is 1.19. The zero-order chi connectivity index (χ0) is 11.3. The van der Waals surface area contributed by atoms with Crippen LogP contribution in [-0.2, 0) is 0 Å². The van der Waals surface area contributed by atoms with E-state index in [0.717, 1.165) is 5.69 Å². The molecule has 0 aliphatic carbocycles. The SMILES string of the molecule is Cc1cccc(C(=O)NC(C)CC#N)n1. The molecule has 0 fully saturated rings. The van der Waals surface area contributed by atoms with Gasteiger partial charge in [0.25, 0.3) is 5.91 Å². The molecule has 1 aromatic heterocycles. The third kappa shape index (κ3) is 3.39. The monoisotopic (exact) mass is 203 g/mol. The van der Waals surface area contributed by atoms with Crippen molar-refractivity contribution in [1.29, 1.82) is 5.26 Å². The van der Waals surface area contributed by atoms with Gasteiger partial charge in [-0.15, -0.1) is 0 Å². The van der Waals surface area contributed by atoms with Crippen molar-refractivity contribution in [3.8, 4) is 6.07 Å². The van der Waals surface area contributed by atoms with Crippen molar-refractivity contribution in [3.05, 3.63) is 29.6 Å². The number of carbonyl (C=O) groups excluding carboxylic acids is 1. The molecule has 78 valence electrons. The lowest BCUT2D eigenvalue weighted by atomic mass is 10.2. The third-order valence-corrected chi connectivity index (χ3v) is 1.90. The Morgan fingerprint density at radius 2 is 2.40 bits per heavy atom. The van der Waals surface area contributed by atoms with E-state index in [4.69, 9.17) is 5.26 Å². The fourth-order valence-electron chi connectivity index (χ4n) is 1.16. The summed E-state index contributed by atoms with van der Waals surface area (Å²) in [6, 6.07) is 7.12. The van der Waals surface area contributed by atoms with Gasteiger partial charge in [-0.2, -0.15) is 5.26 Å². The molecule has 4 heteroatoms. The molecule has 0 saturated heterocycles. The standard InChI is InChI=1S/C11H13N3O/c1-8-4-3-5-10(13-8)11(15)14-9(2)6-7-12/h3-5,9H,6H2,1-2H3,(H,14,15). The largest absolute Gasteiger partial charge is 0.347 e. The molecular weight excluding hydrogens is 190 g/mol. The van der Waals surface area contributed by atoms with Crippen LogP contribution in [0.5, 0.6) is 0 Å². The molecule has 1 heterocycles. The fraction of sp³-hybridized carbons (Fsp3) is 0.364. The summed E-state index contributed by atoms with van der Waals surface area (Å²) in [6.07, 6.45) is 0.303. The van der Waals surface area contributed by atoms with Crippen molar-refractivity contribution >= 4 is 5.91 Å². The van der Waals surface area contributed by atoms with Crippen molar-refractivity contribution < 1.29 is 4.79 Å². The van der Waals surface area contributed by atoms with Crippen LogP contribution in [-0.4, -0.2) is 16.9 Å². The first-order chi connectivity index (χ1) is 7.13. The normalized spacial score (nSPS) is 11.5. The second-order valence-electron chi connectivity index (χ2n) is 3.40. The highest BCUT2D eigenvalue weighted by Gasteiger charge is 2.10. The molecule has 1 unspecified atom stereocenters. The molecule has 0 aliphatic rings. The number of nitrogens with zero attached hydrogens (tertiary/aromatic N) is 2. The first-order valence-corrected chi connectivity index (χ1v) is 4.75. The Balaban J connectivity index is 2.66. The average Bonchev–Trinajstić information content (AvgIpc) is 2.18. The summed E-state index contributed by atoms with van der Waals surface area (Å²) >= 11 is 0. The van der Waals surface area contributed by atoms with E-state index in [9.17, 15) is 4.79 Å². The number of aromatic nitrogens is 1. The highest BCUT2D eigenvalue weighted by atomic mass is 16.1. The summed E-state index contributed by atoms with van der Waals surface area (Å²) in [5, 5.41) is 11.1. The van der Waals surface area contributed by atoms with E-state index in [2.05, 4.69) is 10.3 Å². The molecule has 0 radical (unpaired) electrons. The Kier molecular flexibility index (Phi) is 3.81. The maximum absolute atomic E-state index is 11.6. The van der Waals surface area contributed by atoms with Gasteiger partial charge in [-0.3, -0.25) is 4.79 Å². The zero-order valence-corrected chi connectivity index (χ0v) is 8.82. The van der Waals surface area contributed by atoms with Gasteiger partial charge in [0.15, 0.2) is 0 Å². The number of hydrogen-bond donors (Lipinski definition) is 1. The molecule has 0 spiro atoms. The van der Waals surface area contributed by atoms with Crippen molar-refractivity contribution in [2.75, 3.05) is 0 Å². The van der Waals surface area contributed by atoms with Crippen LogP contribution in [0, 0.1) is 18.3 Å². The number of pyridine rings is 1. The van der Waals surface area contributed by atoms with E-state index in [-0.39, 0.29) is 11.9 Å². The van der Waals surface area contributed by atoms with Crippen LogP contribution in [0.15, 0.2) is 18.2 Å². The van der Waals surface area contributed by atoms with Gasteiger partial charge in [-0.1, -0.05) is 6.07 Å². The smallest absolute Gasteiger partial charge is 0.270 e. The molecule has 15 heavy (non-hydrogen) atoms. The maximum Gasteiger partial charge on any atom is 0.270 e. The Labute approximate surface area is 88.9 Å². The zero-order valence-electron chi connectivity index (χ0n) is 8.82. The number of carbonyl (C=O) groups is 1. The van der Waals surface area contributed by atoms with Gasteiger partial charge in [0.2, 0.25) is 0 Å². The molecule has 0 bridgehead atoms. The fourth-order valence-corrected chi connectivity index (χ4v) is 1.16.